The average Bonchev–Trinajstić information content (AvgIpc) is 3.45. The van der Waals surface area contributed by atoms with Crippen molar-refractivity contribution >= 4 is 48.2 Å². The number of carbonyl (C=O) groups is 3. The summed E-state index contributed by atoms with van der Waals surface area (Å²) in [5, 5.41) is 9.53. The summed E-state index contributed by atoms with van der Waals surface area (Å²) in [7, 11) is 1.71. The van der Waals surface area contributed by atoms with Crippen LogP contribution < -0.4 is 15.5 Å². The molecule has 0 aromatic heterocycles. The van der Waals surface area contributed by atoms with Crippen molar-refractivity contribution in [1.29, 1.82) is 0 Å². The normalized spacial score (nSPS) is 13.8. The van der Waals surface area contributed by atoms with Crippen molar-refractivity contribution in [3.05, 3.63) is 64.2 Å². The van der Waals surface area contributed by atoms with Crippen molar-refractivity contribution in [3.8, 4) is 0 Å². The van der Waals surface area contributed by atoms with E-state index in [0.29, 0.717) is 43.0 Å². The van der Waals surface area contributed by atoms with Crippen LogP contribution in [-0.2, 0) is 29.2 Å². The maximum absolute atomic E-state index is 13.5. The first-order chi connectivity index (χ1) is 18.7. The Kier molecular flexibility index (Phi) is 12.8. The minimum atomic E-state index is -2.63. The van der Waals surface area contributed by atoms with Gasteiger partial charge in [0, 0.05) is 51.0 Å². The minimum Gasteiger partial charge on any atom is -0.353 e. The molecule has 3 amide bonds. The lowest BCUT2D eigenvalue weighted by Crippen LogP contribution is -2.48. The van der Waals surface area contributed by atoms with Gasteiger partial charge in [-0.05, 0) is 41.8 Å². The molecule has 0 radical (unpaired) electrons. The van der Waals surface area contributed by atoms with Crippen LogP contribution in [0.15, 0.2) is 36.4 Å². The number of benzene rings is 2. The van der Waals surface area contributed by atoms with Gasteiger partial charge in [-0.3, -0.25) is 19.4 Å². The topological polar surface area (TPSA) is 88.2 Å². The van der Waals surface area contributed by atoms with Crippen molar-refractivity contribution < 1.29 is 23.2 Å². The molecule has 0 spiro atoms. The molecular weight excluding hydrogens is 577 g/mol. The van der Waals surface area contributed by atoms with Gasteiger partial charge in [-0.2, -0.15) is 0 Å². The number of hydrazine groups is 1. The Balaban J connectivity index is 0.00000294. The second-order valence-electron chi connectivity index (χ2n) is 9.94. The maximum atomic E-state index is 13.5. The van der Waals surface area contributed by atoms with E-state index in [9.17, 15) is 23.2 Å². The molecule has 226 valence electrons. The van der Waals surface area contributed by atoms with Crippen LogP contribution in [-0.4, -0.2) is 85.4 Å². The monoisotopic (exact) mass is 614 g/mol. The first-order valence-electron chi connectivity index (χ1n) is 13.2. The number of alkyl halides is 2. The second-order valence-corrected chi connectivity index (χ2v) is 9.94. The summed E-state index contributed by atoms with van der Waals surface area (Å²) >= 11 is 0. The van der Waals surface area contributed by atoms with Gasteiger partial charge in [0.05, 0.1) is 19.6 Å². The van der Waals surface area contributed by atoms with Gasteiger partial charge < -0.3 is 20.4 Å². The molecule has 0 atom stereocenters. The van der Waals surface area contributed by atoms with E-state index < -0.39 is 18.9 Å². The van der Waals surface area contributed by atoms with Crippen LogP contribution in [0, 0.1) is 6.92 Å². The third-order valence-electron chi connectivity index (χ3n) is 7.14. The Labute approximate surface area is 252 Å². The van der Waals surface area contributed by atoms with Gasteiger partial charge >= 0.3 is 0 Å². The number of carbonyl (C=O) groups excluding carboxylic acids is 3. The number of fused-ring (bicyclic) bond motifs is 2. The van der Waals surface area contributed by atoms with Gasteiger partial charge in [0.1, 0.15) is 0 Å². The number of hydrogen-bond acceptors (Lipinski definition) is 6. The fourth-order valence-electron chi connectivity index (χ4n) is 5.06. The first kappa shape index (κ1) is 34.2. The predicted molar refractivity (Wildman–Crippen MR) is 159 cm³/mol. The van der Waals surface area contributed by atoms with Crippen LogP contribution in [0.25, 0.3) is 0 Å². The summed E-state index contributed by atoms with van der Waals surface area (Å²) in [6, 6.07) is 11.4. The molecule has 2 aromatic carbocycles. The van der Waals surface area contributed by atoms with Gasteiger partial charge in [-0.25, -0.2) is 13.8 Å². The molecule has 41 heavy (non-hydrogen) atoms. The third-order valence-corrected chi connectivity index (χ3v) is 7.14. The number of nitrogens with one attached hydrogen (secondary N) is 2. The van der Waals surface area contributed by atoms with E-state index in [1.807, 2.05) is 43.1 Å². The number of rotatable bonds is 12. The number of anilines is 1. The van der Waals surface area contributed by atoms with Crippen molar-refractivity contribution in [2.45, 2.75) is 39.9 Å². The van der Waals surface area contributed by atoms with Gasteiger partial charge in [0.2, 0.25) is 5.91 Å². The molecule has 9 nitrogen and oxygen atoms in total. The lowest BCUT2D eigenvalue weighted by Gasteiger charge is -2.32. The molecule has 2 aliphatic rings. The molecular formula is C28H38Cl2F2N6O3. The van der Waals surface area contributed by atoms with Crippen molar-refractivity contribution in [3.63, 3.8) is 0 Å². The van der Waals surface area contributed by atoms with Crippen molar-refractivity contribution in [2.75, 3.05) is 51.2 Å². The Hall–Kier alpha value is -2.99. The number of nitrogens with zero attached hydrogens (tertiary/aromatic N) is 4. The zero-order chi connectivity index (χ0) is 28.1. The lowest BCUT2D eigenvalue weighted by atomic mass is 10.0. The summed E-state index contributed by atoms with van der Waals surface area (Å²) in [6.07, 6.45) is -2.63. The molecule has 2 aliphatic heterocycles. The van der Waals surface area contributed by atoms with E-state index in [1.54, 1.807) is 29.1 Å². The van der Waals surface area contributed by atoms with E-state index in [1.165, 1.54) is 0 Å². The Bertz CT molecular complexity index is 1210. The van der Waals surface area contributed by atoms with Gasteiger partial charge in [0.25, 0.3) is 18.2 Å². The van der Waals surface area contributed by atoms with Crippen molar-refractivity contribution in [2.24, 2.45) is 0 Å². The highest BCUT2D eigenvalue weighted by atomic mass is 35.5. The Morgan fingerprint density at radius 2 is 1.66 bits per heavy atom. The Morgan fingerprint density at radius 3 is 2.27 bits per heavy atom. The molecule has 2 aromatic rings. The molecule has 4 rings (SSSR count). The van der Waals surface area contributed by atoms with Crippen LogP contribution >= 0.6 is 24.8 Å². The van der Waals surface area contributed by atoms with Crippen LogP contribution in [0.1, 0.15) is 39.5 Å². The smallest absolute Gasteiger partial charge is 0.256 e. The predicted octanol–water partition coefficient (Wildman–Crippen LogP) is 2.98. The molecule has 2 N–H and O–H groups in total. The molecule has 0 saturated heterocycles. The lowest BCUT2D eigenvalue weighted by molar-refractivity contribution is -0.145. The van der Waals surface area contributed by atoms with Gasteiger partial charge in [0.15, 0.2) is 0 Å². The highest BCUT2D eigenvalue weighted by Gasteiger charge is 2.32. The quantitative estimate of drug-likeness (QED) is 0.358. The fourth-order valence-corrected chi connectivity index (χ4v) is 5.06. The Morgan fingerprint density at radius 1 is 1.00 bits per heavy atom. The highest BCUT2D eigenvalue weighted by Crippen LogP contribution is 2.31. The van der Waals surface area contributed by atoms with Crippen LogP contribution in [0.3, 0.4) is 0 Å². The molecule has 0 bridgehead atoms. The third kappa shape index (κ3) is 8.28. The zero-order valence-electron chi connectivity index (χ0n) is 23.5. The number of amides is 3. The summed E-state index contributed by atoms with van der Waals surface area (Å²) in [5.74, 6) is -0.948. The van der Waals surface area contributed by atoms with Crippen LogP contribution in [0.5, 0.6) is 0 Å². The zero-order valence-corrected chi connectivity index (χ0v) is 25.1. The van der Waals surface area contributed by atoms with Crippen LogP contribution in [0.4, 0.5) is 14.5 Å². The van der Waals surface area contributed by atoms with E-state index in [4.69, 9.17) is 0 Å². The molecule has 0 unspecified atom stereocenters. The number of likely N-dealkylation sites (N-methyl/N-ethyl adjacent to an activating group) is 2. The summed E-state index contributed by atoms with van der Waals surface area (Å²) in [5.41, 5.74) is 4.62. The average molecular weight is 616 g/mol. The van der Waals surface area contributed by atoms with Crippen LogP contribution in [0.2, 0.25) is 0 Å². The minimum absolute atomic E-state index is 0. The summed E-state index contributed by atoms with van der Waals surface area (Å²) < 4.78 is 26.0. The number of hydrogen-bond donors (Lipinski definition) is 2. The van der Waals surface area contributed by atoms with E-state index in [2.05, 4.69) is 10.6 Å². The first-order valence-corrected chi connectivity index (χ1v) is 13.2. The number of aryl methyl sites for hydroxylation is 1. The fraction of sp³-hybridized carbons (Fsp3) is 0.464. The van der Waals surface area contributed by atoms with E-state index >= 15 is 0 Å². The summed E-state index contributed by atoms with van der Waals surface area (Å²) in [6.45, 7) is 6.14. The molecule has 0 saturated carbocycles. The molecule has 0 fully saturated rings. The van der Waals surface area contributed by atoms with Gasteiger partial charge in [-0.15, -0.1) is 24.8 Å². The van der Waals surface area contributed by atoms with Gasteiger partial charge in [-0.1, -0.05) is 37.3 Å². The molecule has 0 aliphatic carbocycles. The highest BCUT2D eigenvalue weighted by molar-refractivity contribution is 6.00. The summed E-state index contributed by atoms with van der Waals surface area (Å²) in [4.78, 5) is 42.0. The molecule has 13 heteroatoms. The van der Waals surface area contributed by atoms with E-state index in [0.717, 1.165) is 28.1 Å². The molecule has 2 heterocycles. The second kappa shape index (κ2) is 15.3. The largest absolute Gasteiger partial charge is 0.353 e. The number of halogens is 4. The maximum Gasteiger partial charge on any atom is 0.256 e. The standard InChI is InChI=1S/C28H36F2N6O3.2ClH/c1-4-31-9-10-32-26(37)17-34(18-27(38)33(3)36-14-20-7-5-6-8-21(20)15-36)24-12-23-22(11-19(24)2)13-35(28(23)39)16-25(29)30;;/h5-8,11-12,25,31H,4,9-10,13-18H2,1-3H3,(H,32,37);2*1H. The van der Waals surface area contributed by atoms with Crippen molar-refractivity contribution in [1.82, 2.24) is 25.6 Å². The SMILES string of the molecule is CCNCCNC(=O)CN(CC(=O)N(C)N1Cc2ccccc2C1)c1cc2c(cc1C)CN(CC(F)F)C2=O.Cl.Cl. The van der Waals surface area contributed by atoms with E-state index in [-0.39, 0.29) is 56.3 Å².